The lowest BCUT2D eigenvalue weighted by Gasteiger charge is -2.09. The van der Waals surface area contributed by atoms with Gasteiger partial charge in [0, 0.05) is 27.1 Å². The van der Waals surface area contributed by atoms with Crippen LogP contribution in [0.15, 0.2) is 64.2 Å². The molecule has 0 radical (unpaired) electrons. The van der Waals surface area contributed by atoms with Crippen molar-refractivity contribution in [3.63, 3.8) is 0 Å². The molecule has 3 rings (SSSR count). The van der Waals surface area contributed by atoms with Crippen LogP contribution in [0.2, 0.25) is 0 Å². The van der Waals surface area contributed by atoms with Crippen LogP contribution in [0.5, 0.6) is 0 Å². The first-order valence-corrected chi connectivity index (χ1v) is 9.24. The maximum Gasteiger partial charge on any atom is 0.244 e. The summed E-state index contributed by atoms with van der Waals surface area (Å²) < 4.78 is 16.1. The fourth-order valence-corrected chi connectivity index (χ4v) is 3.17. The first-order valence-electron chi connectivity index (χ1n) is 8.45. The van der Waals surface area contributed by atoms with E-state index < -0.39 is 0 Å². The number of nitrogens with zero attached hydrogens (tertiary/aromatic N) is 2. The number of hydrazone groups is 1. The lowest BCUT2D eigenvalue weighted by molar-refractivity contribution is -0.120. The number of benzene rings is 2. The van der Waals surface area contributed by atoms with Gasteiger partial charge in [-0.1, -0.05) is 28.1 Å². The van der Waals surface area contributed by atoms with Crippen LogP contribution in [0.25, 0.3) is 5.69 Å². The predicted octanol–water partition coefficient (Wildman–Crippen LogP) is 4.69. The quantitative estimate of drug-likeness (QED) is 0.465. The molecule has 1 heterocycles. The van der Waals surface area contributed by atoms with E-state index in [9.17, 15) is 9.18 Å². The van der Waals surface area contributed by atoms with Crippen LogP contribution in [0, 0.1) is 19.7 Å². The highest BCUT2D eigenvalue weighted by Crippen LogP contribution is 2.21. The van der Waals surface area contributed by atoms with Crippen molar-refractivity contribution in [3.8, 4) is 5.69 Å². The van der Waals surface area contributed by atoms with Gasteiger partial charge in [0.15, 0.2) is 0 Å². The molecular formula is C21H19BrFN3O. The maximum absolute atomic E-state index is 12.9. The molecule has 1 aromatic heterocycles. The second kappa shape index (κ2) is 8.31. The maximum atomic E-state index is 12.9. The fourth-order valence-electron chi connectivity index (χ4n) is 2.91. The van der Waals surface area contributed by atoms with Crippen LogP contribution in [0.1, 0.15) is 22.5 Å². The largest absolute Gasteiger partial charge is 0.318 e. The van der Waals surface area contributed by atoms with E-state index >= 15 is 0 Å². The lowest BCUT2D eigenvalue weighted by atomic mass is 10.1. The SMILES string of the molecule is Cc1cc(/C=N\NC(=O)Cc2ccc(F)cc2)c(C)n1-c1ccc(Br)cc1. The van der Waals surface area contributed by atoms with Crippen molar-refractivity contribution in [2.24, 2.45) is 5.10 Å². The van der Waals surface area contributed by atoms with Gasteiger partial charge in [-0.3, -0.25) is 4.79 Å². The molecule has 138 valence electrons. The van der Waals surface area contributed by atoms with Crippen molar-refractivity contribution in [1.82, 2.24) is 9.99 Å². The van der Waals surface area contributed by atoms with E-state index in [2.05, 4.69) is 31.0 Å². The van der Waals surface area contributed by atoms with E-state index in [1.807, 2.05) is 44.2 Å². The summed E-state index contributed by atoms with van der Waals surface area (Å²) >= 11 is 3.45. The zero-order valence-electron chi connectivity index (χ0n) is 15.0. The summed E-state index contributed by atoms with van der Waals surface area (Å²) in [5, 5.41) is 4.06. The number of carbonyl (C=O) groups excluding carboxylic acids is 1. The molecule has 0 saturated heterocycles. The Bertz CT molecular complexity index is 976. The Balaban J connectivity index is 1.68. The van der Waals surface area contributed by atoms with Crippen LogP contribution in [-0.4, -0.2) is 16.7 Å². The molecule has 6 heteroatoms. The number of carbonyl (C=O) groups is 1. The van der Waals surface area contributed by atoms with Gasteiger partial charge in [-0.25, -0.2) is 9.82 Å². The standard InChI is InChI=1S/C21H19BrFN3O/c1-14-11-17(15(2)26(14)20-9-5-18(22)6-10-20)13-24-25-21(27)12-16-3-7-19(23)8-4-16/h3-11,13H,12H2,1-2H3,(H,25,27)/b24-13-. The molecule has 0 aliphatic carbocycles. The molecule has 0 fully saturated rings. The first kappa shape index (κ1) is 19.0. The molecule has 0 spiro atoms. The molecule has 0 aliphatic rings. The van der Waals surface area contributed by atoms with Crippen molar-refractivity contribution >= 4 is 28.1 Å². The summed E-state index contributed by atoms with van der Waals surface area (Å²) in [7, 11) is 0. The molecule has 3 aromatic rings. The third kappa shape index (κ3) is 4.71. The lowest BCUT2D eigenvalue weighted by Crippen LogP contribution is -2.19. The van der Waals surface area contributed by atoms with Crippen LogP contribution < -0.4 is 5.43 Å². The monoisotopic (exact) mass is 427 g/mol. The van der Waals surface area contributed by atoms with Gasteiger partial charge in [-0.2, -0.15) is 5.10 Å². The van der Waals surface area contributed by atoms with Crippen LogP contribution >= 0.6 is 15.9 Å². The molecule has 4 nitrogen and oxygen atoms in total. The van der Waals surface area contributed by atoms with Gasteiger partial charge in [0.2, 0.25) is 5.91 Å². The summed E-state index contributed by atoms with van der Waals surface area (Å²) in [5.74, 6) is -0.571. The highest BCUT2D eigenvalue weighted by molar-refractivity contribution is 9.10. The van der Waals surface area contributed by atoms with Gasteiger partial charge in [0.05, 0.1) is 12.6 Å². The van der Waals surface area contributed by atoms with Gasteiger partial charge in [0.1, 0.15) is 5.82 Å². The van der Waals surface area contributed by atoms with Crippen LogP contribution in [0.4, 0.5) is 4.39 Å². The zero-order chi connectivity index (χ0) is 19.4. The number of halogens is 2. The summed E-state index contributed by atoms with van der Waals surface area (Å²) in [5.41, 5.74) is 7.36. The molecule has 1 amide bonds. The van der Waals surface area contributed by atoms with Crippen LogP contribution in [-0.2, 0) is 11.2 Å². The Hall–Kier alpha value is -2.73. The zero-order valence-corrected chi connectivity index (χ0v) is 16.6. The topological polar surface area (TPSA) is 46.4 Å². The molecule has 0 atom stereocenters. The van der Waals surface area contributed by atoms with Gasteiger partial charge in [-0.05, 0) is 61.9 Å². The highest BCUT2D eigenvalue weighted by Gasteiger charge is 2.09. The minimum absolute atomic E-state index is 0.148. The Morgan fingerprint density at radius 1 is 1.15 bits per heavy atom. The number of hydrogen-bond acceptors (Lipinski definition) is 2. The molecular weight excluding hydrogens is 409 g/mol. The van der Waals surface area contributed by atoms with E-state index in [0.717, 1.165) is 32.7 Å². The molecule has 0 bridgehead atoms. The van der Waals surface area contributed by atoms with Gasteiger partial charge < -0.3 is 4.57 Å². The Morgan fingerprint density at radius 2 is 1.81 bits per heavy atom. The summed E-state index contributed by atoms with van der Waals surface area (Å²) in [4.78, 5) is 12.0. The summed E-state index contributed by atoms with van der Waals surface area (Å²) in [6, 6.07) is 15.9. The predicted molar refractivity (Wildman–Crippen MR) is 109 cm³/mol. The van der Waals surface area contributed by atoms with Crippen molar-refractivity contribution < 1.29 is 9.18 Å². The number of nitrogens with one attached hydrogen (secondary N) is 1. The Morgan fingerprint density at radius 3 is 2.48 bits per heavy atom. The molecule has 2 aromatic carbocycles. The van der Waals surface area contributed by atoms with E-state index in [4.69, 9.17) is 0 Å². The van der Waals surface area contributed by atoms with Crippen molar-refractivity contribution in [3.05, 3.63) is 87.4 Å². The molecule has 1 N–H and O–H groups in total. The molecule has 0 unspecified atom stereocenters. The summed E-state index contributed by atoms with van der Waals surface area (Å²) in [6.45, 7) is 4.04. The number of hydrogen-bond donors (Lipinski definition) is 1. The normalized spacial score (nSPS) is 11.1. The molecule has 0 saturated carbocycles. The van der Waals surface area contributed by atoms with Crippen molar-refractivity contribution in [1.29, 1.82) is 0 Å². The number of amides is 1. The third-order valence-corrected chi connectivity index (χ3v) is 4.75. The number of aryl methyl sites for hydroxylation is 1. The highest BCUT2D eigenvalue weighted by atomic mass is 79.9. The first-order chi connectivity index (χ1) is 12.9. The minimum atomic E-state index is -0.321. The second-order valence-electron chi connectivity index (χ2n) is 6.23. The summed E-state index contributed by atoms with van der Waals surface area (Å²) in [6.07, 6.45) is 1.79. The smallest absolute Gasteiger partial charge is 0.244 e. The molecule has 27 heavy (non-hydrogen) atoms. The average molecular weight is 428 g/mol. The van der Waals surface area contributed by atoms with E-state index in [1.54, 1.807) is 18.3 Å². The second-order valence-corrected chi connectivity index (χ2v) is 7.15. The average Bonchev–Trinajstić information content (AvgIpc) is 2.92. The third-order valence-electron chi connectivity index (χ3n) is 4.23. The Labute approximate surface area is 165 Å². The van der Waals surface area contributed by atoms with E-state index in [-0.39, 0.29) is 18.1 Å². The van der Waals surface area contributed by atoms with Crippen molar-refractivity contribution in [2.75, 3.05) is 0 Å². The van der Waals surface area contributed by atoms with Crippen molar-refractivity contribution in [2.45, 2.75) is 20.3 Å². The number of aromatic nitrogens is 1. The number of rotatable bonds is 5. The molecule has 0 aliphatic heterocycles. The minimum Gasteiger partial charge on any atom is -0.318 e. The van der Waals surface area contributed by atoms with E-state index in [0.29, 0.717) is 0 Å². The van der Waals surface area contributed by atoms with Crippen LogP contribution in [0.3, 0.4) is 0 Å². The van der Waals surface area contributed by atoms with Gasteiger partial charge >= 0.3 is 0 Å². The fraction of sp³-hybridized carbons (Fsp3) is 0.143. The van der Waals surface area contributed by atoms with Gasteiger partial charge in [0.25, 0.3) is 0 Å². The van der Waals surface area contributed by atoms with Gasteiger partial charge in [-0.15, -0.1) is 0 Å². The Kier molecular flexibility index (Phi) is 5.86. The van der Waals surface area contributed by atoms with E-state index in [1.165, 1.54) is 12.1 Å².